The number of carbonyl (C=O) groups excluding carboxylic acids is 1. The van der Waals surface area contributed by atoms with Gasteiger partial charge in [0, 0.05) is 19.2 Å². The van der Waals surface area contributed by atoms with Crippen LogP contribution >= 0.6 is 22.9 Å². The minimum Gasteiger partial charge on any atom is -0.319 e. The second kappa shape index (κ2) is 10.3. The van der Waals surface area contributed by atoms with E-state index in [1.807, 2.05) is 60.1 Å². The normalized spacial score (nSPS) is 11.5. The number of non-ortho nitro benzene ring substituents is 1. The van der Waals surface area contributed by atoms with Gasteiger partial charge in [-0.05, 0) is 28.3 Å². The molecule has 5 aromatic rings. The van der Waals surface area contributed by atoms with Crippen LogP contribution in [-0.2, 0) is 7.05 Å². The van der Waals surface area contributed by atoms with Crippen molar-refractivity contribution in [1.82, 2.24) is 4.57 Å². The van der Waals surface area contributed by atoms with Crippen molar-refractivity contribution in [2.75, 3.05) is 0 Å². The molecule has 0 saturated carbocycles. The monoisotopic (exact) mass is 525 g/mol. The first-order valence-electron chi connectivity index (χ1n) is 11.4. The Morgan fingerprint density at radius 2 is 1.41 bits per heavy atom. The number of nitro groups is 1. The standard InChI is InChI=1S/C29H20ClN3O3S/c1-32-26(21-14-12-20(13-15-21)19-8-4-2-5-9-19)27(22-10-6-3-7-11-22)37-29(32)31-28(34)24-18-23(33(35)36)16-17-25(24)30/h2-18H,1H3. The first-order valence-corrected chi connectivity index (χ1v) is 12.6. The highest BCUT2D eigenvalue weighted by atomic mass is 35.5. The van der Waals surface area contributed by atoms with Crippen LogP contribution in [0.15, 0.2) is 108 Å². The molecule has 0 aliphatic carbocycles. The van der Waals surface area contributed by atoms with Gasteiger partial charge in [0.2, 0.25) is 0 Å². The smallest absolute Gasteiger partial charge is 0.281 e. The summed E-state index contributed by atoms with van der Waals surface area (Å²) in [7, 11) is 1.85. The van der Waals surface area contributed by atoms with E-state index in [-0.39, 0.29) is 16.3 Å². The number of rotatable bonds is 5. The molecular formula is C29H20ClN3O3S. The minimum atomic E-state index is -0.642. The van der Waals surface area contributed by atoms with Crippen LogP contribution < -0.4 is 4.80 Å². The lowest BCUT2D eigenvalue weighted by Crippen LogP contribution is -2.14. The van der Waals surface area contributed by atoms with Crippen LogP contribution in [0.5, 0.6) is 0 Å². The van der Waals surface area contributed by atoms with E-state index in [1.165, 1.54) is 23.5 Å². The molecule has 0 fully saturated rings. The van der Waals surface area contributed by atoms with Crippen LogP contribution in [-0.4, -0.2) is 15.4 Å². The zero-order chi connectivity index (χ0) is 25.9. The number of nitro benzene ring substituents is 1. The predicted octanol–water partition coefficient (Wildman–Crippen LogP) is 7.39. The summed E-state index contributed by atoms with van der Waals surface area (Å²) in [6.45, 7) is 0. The molecule has 0 spiro atoms. The summed E-state index contributed by atoms with van der Waals surface area (Å²) in [6.07, 6.45) is 0. The summed E-state index contributed by atoms with van der Waals surface area (Å²) in [5, 5.41) is 11.3. The van der Waals surface area contributed by atoms with Gasteiger partial charge in [0.25, 0.3) is 11.6 Å². The van der Waals surface area contributed by atoms with Gasteiger partial charge in [-0.3, -0.25) is 14.9 Å². The molecule has 0 atom stereocenters. The van der Waals surface area contributed by atoms with E-state index in [4.69, 9.17) is 11.6 Å². The average molecular weight is 526 g/mol. The quantitative estimate of drug-likeness (QED) is 0.177. The molecule has 0 bridgehead atoms. The lowest BCUT2D eigenvalue weighted by molar-refractivity contribution is -0.384. The van der Waals surface area contributed by atoms with Gasteiger partial charge >= 0.3 is 0 Å². The number of halogens is 1. The minimum absolute atomic E-state index is 0.0145. The Morgan fingerprint density at radius 3 is 2.03 bits per heavy atom. The van der Waals surface area contributed by atoms with Gasteiger partial charge in [0.1, 0.15) is 0 Å². The number of hydrogen-bond acceptors (Lipinski definition) is 4. The average Bonchev–Trinajstić information content (AvgIpc) is 3.25. The van der Waals surface area contributed by atoms with E-state index in [2.05, 4.69) is 41.4 Å². The largest absolute Gasteiger partial charge is 0.319 e. The van der Waals surface area contributed by atoms with E-state index in [0.717, 1.165) is 38.9 Å². The molecule has 0 saturated heterocycles. The summed E-state index contributed by atoms with van der Waals surface area (Å²) in [5.41, 5.74) is 4.87. The van der Waals surface area contributed by atoms with E-state index in [0.29, 0.717) is 4.80 Å². The second-order valence-corrected chi connectivity index (χ2v) is 9.65. The lowest BCUT2D eigenvalue weighted by Gasteiger charge is -2.09. The fraction of sp³-hybridized carbons (Fsp3) is 0.0345. The second-order valence-electron chi connectivity index (χ2n) is 8.27. The highest BCUT2D eigenvalue weighted by molar-refractivity contribution is 7.13. The van der Waals surface area contributed by atoms with Gasteiger partial charge in [-0.2, -0.15) is 4.99 Å². The summed E-state index contributed by atoms with van der Waals surface area (Å²) < 4.78 is 1.87. The molecule has 4 aromatic carbocycles. The van der Waals surface area contributed by atoms with Crippen molar-refractivity contribution < 1.29 is 9.72 Å². The Balaban J connectivity index is 1.63. The molecule has 5 rings (SSSR count). The third-order valence-electron chi connectivity index (χ3n) is 5.92. The van der Waals surface area contributed by atoms with Crippen LogP contribution in [0.2, 0.25) is 5.02 Å². The third-order valence-corrected chi connectivity index (χ3v) is 7.43. The Morgan fingerprint density at radius 1 is 0.838 bits per heavy atom. The van der Waals surface area contributed by atoms with E-state index in [9.17, 15) is 14.9 Å². The fourth-order valence-corrected chi connectivity index (χ4v) is 5.40. The Bertz CT molecular complexity index is 1680. The number of amides is 1. The zero-order valence-corrected chi connectivity index (χ0v) is 21.2. The van der Waals surface area contributed by atoms with Gasteiger partial charge in [-0.1, -0.05) is 108 Å². The number of hydrogen-bond donors (Lipinski definition) is 0. The Kier molecular flexibility index (Phi) is 6.81. The zero-order valence-electron chi connectivity index (χ0n) is 19.7. The Hall–Kier alpha value is -4.33. The molecule has 1 aromatic heterocycles. The number of thiazole rings is 1. The van der Waals surface area contributed by atoms with Crippen molar-refractivity contribution >= 4 is 34.5 Å². The lowest BCUT2D eigenvalue weighted by atomic mass is 10.0. The van der Waals surface area contributed by atoms with Crippen molar-refractivity contribution in [2.24, 2.45) is 12.0 Å². The third kappa shape index (κ3) is 5.00. The Labute approximate surface area is 221 Å². The molecule has 0 radical (unpaired) electrons. The van der Waals surface area contributed by atoms with Crippen LogP contribution in [0, 0.1) is 10.1 Å². The number of benzene rings is 4. The van der Waals surface area contributed by atoms with Crippen LogP contribution in [0.4, 0.5) is 5.69 Å². The molecule has 0 unspecified atom stereocenters. The summed E-state index contributed by atoms with van der Waals surface area (Å²) in [6, 6.07) is 32.0. The van der Waals surface area contributed by atoms with Crippen molar-refractivity contribution in [3.8, 4) is 32.8 Å². The molecule has 37 heavy (non-hydrogen) atoms. The van der Waals surface area contributed by atoms with Crippen LogP contribution in [0.3, 0.4) is 0 Å². The molecule has 1 amide bonds. The highest BCUT2D eigenvalue weighted by Gasteiger charge is 2.19. The van der Waals surface area contributed by atoms with Gasteiger partial charge in [0.15, 0.2) is 4.80 Å². The molecule has 0 aliphatic heterocycles. The van der Waals surface area contributed by atoms with E-state index in [1.54, 1.807) is 0 Å². The first kappa shape index (κ1) is 24.4. The summed E-state index contributed by atoms with van der Waals surface area (Å²) >= 11 is 7.56. The van der Waals surface area contributed by atoms with Crippen molar-refractivity contribution in [1.29, 1.82) is 0 Å². The molecule has 0 N–H and O–H groups in total. The molecule has 6 nitrogen and oxygen atoms in total. The molecule has 8 heteroatoms. The molecule has 0 aliphatic rings. The highest BCUT2D eigenvalue weighted by Crippen LogP contribution is 2.35. The van der Waals surface area contributed by atoms with Crippen molar-refractivity contribution in [3.05, 3.63) is 129 Å². The fourth-order valence-electron chi connectivity index (χ4n) is 4.05. The maximum absolute atomic E-state index is 13.1. The van der Waals surface area contributed by atoms with Gasteiger partial charge in [-0.25, -0.2) is 0 Å². The topological polar surface area (TPSA) is 77.5 Å². The van der Waals surface area contributed by atoms with Crippen LogP contribution in [0.25, 0.3) is 32.8 Å². The predicted molar refractivity (Wildman–Crippen MR) is 148 cm³/mol. The SMILES string of the molecule is Cn1c(-c2ccc(-c3ccccc3)cc2)c(-c2ccccc2)sc1=NC(=O)c1cc([N+](=O)[O-])ccc1Cl. The number of nitrogens with zero attached hydrogens (tertiary/aromatic N) is 3. The van der Waals surface area contributed by atoms with E-state index >= 15 is 0 Å². The van der Waals surface area contributed by atoms with Gasteiger partial charge < -0.3 is 4.57 Å². The molecule has 182 valence electrons. The number of carbonyl (C=O) groups is 1. The van der Waals surface area contributed by atoms with Gasteiger partial charge in [-0.15, -0.1) is 0 Å². The maximum Gasteiger partial charge on any atom is 0.281 e. The molecule has 1 heterocycles. The van der Waals surface area contributed by atoms with Crippen molar-refractivity contribution in [3.63, 3.8) is 0 Å². The molecular weight excluding hydrogens is 506 g/mol. The summed E-state index contributed by atoms with van der Waals surface area (Å²) in [4.78, 5) is 29.4. The van der Waals surface area contributed by atoms with Crippen molar-refractivity contribution in [2.45, 2.75) is 0 Å². The van der Waals surface area contributed by atoms with Crippen LogP contribution in [0.1, 0.15) is 10.4 Å². The van der Waals surface area contributed by atoms with Gasteiger partial charge in [0.05, 0.1) is 26.1 Å². The van der Waals surface area contributed by atoms with E-state index < -0.39 is 10.8 Å². The maximum atomic E-state index is 13.1. The summed E-state index contributed by atoms with van der Waals surface area (Å²) in [5.74, 6) is -0.642. The first-order chi connectivity index (χ1) is 17.9. The number of aromatic nitrogens is 1.